The van der Waals surface area contributed by atoms with Gasteiger partial charge in [-0.15, -0.1) is 0 Å². The molecule has 1 rings (SSSR count). The van der Waals surface area contributed by atoms with Crippen molar-refractivity contribution in [3.63, 3.8) is 0 Å². The summed E-state index contributed by atoms with van der Waals surface area (Å²) in [5.74, 6) is 1.54. The van der Waals surface area contributed by atoms with E-state index in [1.165, 1.54) is 32.1 Å². The normalized spacial score (nSPS) is 23.1. The van der Waals surface area contributed by atoms with Gasteiger partial charge in [-0.3, -0.25) is 0 Å². The molecule has 4 heteroatoms. The van der Waals surface area contributed by atoms with Crippen LogP contribution in [-0.2, 0) is 0 Å². The fourth-order valence-electron chi connectivity index (χ4n) is 2.89. The lowest BCUT2D eigenvalue weighted by Gasteiger charge is -2.29. The third-order valence-corrected chi connectivity index (χ3v) is 4.24. The average molecular weight is 270 g/mol. The summed E-state index contributed by atoms with van der Waals surface area (Å²) in [6.07, 6.45) is 7.33. The maximum absolute atomic E-state index is 12.0. The van der Waals surface area contributed by atoms with E-state index in [1.54, 1.807) is 4.90 Å². The average Bonchev–Trinajstić information content (AvgIpc) is 2.45. The maximum atomic E-state index is 12.0. The van der Waals surface area contributed by atoms with Gasteiger partial charge in [-0.05, 0) is 31.1 Å². The first kappa shape index (κ1) is 16.3. The number of amides is 2. The fraction of sp³-hybridized carbons (Fsp3) is 0.933. The van der Waals surface area contributed by atoms with Gasteiger partial charge in [0, 0.05) is 19.6 Å². The van der Waals surface area contributed by atoms with E-state index in [4.69, 9.17) is 5.11 Å². The van der Waals surface area contributed by atoms with Crippen molar-refractivity contribution in [3.8, 4) is 0 Å². The zero-order valence-electron chi connectivity index (χ0n) is 12.5. The largest absolute Gasteiger partial charge is 0.395 e. The molecule has 2 amide bonds. The van der Waals surface area contributed by atoms with Crippen molar-refractivity contribution in [3.05, 3.63) is 0 Å². The van der Waals surface area contributed by atoms with Crippen LogP contribution >= 0.6 is 0 Å². The van der Waals surface area contributed by atoms with Gasteiger partial charge in [0.05, 0.1) is 6.61 Å². The molecule has 1 fully saturated rings. The van der Waals surface area contributed by atoms with E-state index in [1.807, 2.05) is 6.92 Å². The zero-order valence-corrected chi connectivity index (χ0v) is 12.5. The monoisotopic (exact) mass is 270 g/mol. The van der Waals surface area contributed by atoms with Crippen molar-refractivity contribution in [1.82, 2.24) is 10.2 Å². The molecule has 0 atom stereocenters. The van der Waals surface area contributed by atoms with Crippen molar-refractivity contribution in [2.45, 2.75) is 52.4 Å². The molecule has 0 aromatic rings. The number of nitrogens with one attached hydrogen (secondary N) is 1. The Labute approximate surface area is 117 Å². The van der Waals surface area contributed by atoms with Crippen molar-refractivity contribution < 1.29 is 9.90 Å². The predicted molar refractivity (Wildman–Crippen MR) is 78.1 cm³/mol. The number of urea groups is 1. The van der Waals surface area contributed by atoms with E-state index in [2.05, 4.69) is 12.2 Å². The third-order valence-electron chi connectivity index (χ3n) is 4.24. The van der Waals surface area contributed by atoms with E-state index < -0.39 is 0 Å². The van der Waals surface area contributed by atoms with Crippen LogP contribution in [0.4, 0.5) is 4.79 Å². The Balaban J connectivity index is 2.25. The van der Waals surface area contributed by atoms with Gasteiger partial charge in [0.1, 0.15) is 0 Å². The summed E-state index contributed by atoms with van der Waals surface area (Å²) in [5.41, 5.74) is 0. The summed E-state index contributed by atoms with van der Waals surface area (Å²) in [6, 6.07) is -0.0199. The highest BCUT2D eigenvalue weighted by Crippen LogP contribution is 2.30. The molecular formula is C15H30N2O2. The van der Waals surface area contributed by atoms with Gasteiger partial charge in [-0.1, -0.05) is 33.1 Å². The molecule has 112 valence electrons. The second kappa shape index (κ2) is 9.18. The Morgan fingerprint density at radius 1 is 1.16 bits per heavy atom. The minimum Gasteiger partial charge on any atom is -0.395 e. The van der Waals surface area contributed by atoms with Gasteiger partial charge in [-0.25, -0.2) is 4.79 Å². The van der Waals surface area contributed by atoms with E-state index >= 15 is 0 Å². The van der Waals surface area contributed by atoms with Crippen molar-refractivity contribution in [2.24, 2.45) is 11.8 Å². The molecule has 0 saturated heterocycles. The predicted octanol–water partition coefficient (Wildman–Crippen LogP) is 2.62. The number of hydrogen-bond donors (Lipinski definition) is 2. The summed E-state index contributed by atoms with van der Waals surface area (Å²) < 4.78 is 0. The molecule has 0 aliphatic heterocycles. The van der Waals surface area contributed by atoms with Crippen LogP contribution in [0, 0.1) is 11.8 Å². The van der Waals surface area contributed by atoms with Gasteiger partial charge in [0.2, 0.25) is 0 Å². The number of rotatable bonds is 7. The Bertz CT molecular complexity index is 245. The standard InChI is InChI=1S/C15H30N2O2/c1-3-9-17(10-11-18)15(19)16-12-14-7-5-13(4-2)6-8-14/h13-14,18H,3-12H2,1-2H3,(H,16,19). The van der Waals surface area contributed by atoms with E-state index in [0.717, 1.165) is 25.4 Å². The topological polar surface area (TPSA) is 52.6 Å². The second-order valence-corrected chi connectivity index (χ2v) is 5.69. The molecule has 1 saturated carbocycles. The SMILES string of the molecule is CCCN(CCO)C(=O)NCC1CCC(CC)CC1. The van der Waals surface area contributed by atoms with Crippen LogP contribution in [0.1, 0.15) is 52.4 Å². The zero-order chi connectivity index (χ0) is 14.1. The van der Waals surface area contributed by atoms with Gasteiger partial charge in [0.25, 0.3) is 0 Å². The lowest BCUT2D eigenvalue weighted by Crippen LogP contribution is -2.43. The van der Waals surface area contributed by atoms with Crippen molar-refractivity contribution in [2.75, 3.05) is 26.2 Å². The number of carbonyl (C=O) groups is 1. The van der Waals surface area contributed by atoms with Gasteiger partial charge in [-0.2, -0.15) is 0 Å². The Hall–Kier alpha value is -0.770. The van der Waals surface area contributed by atoms with E-state index in [9.17, 15) is 4.79 Å². The first-order chi connectivity index (χ1) is 9.21. The number of carbonyl (C=O) groups excluding carboxylic acids is 1. The van der Waals surface area contributed by atoms with Gasteiger partial charge in [0.15, 0.2) is 0 Å². The highest BCUT2D eigenvalue weighted by molar-refractivity contribution is 5.74. The smallest absolute Gasteiger partial charge is 0.317 e. The van der Waals surface area contributed by atoms with E-state index in [-0.39, 0.29) is 12.6 Å². The molecule has 0 radical (unpaired) electrons. The van der Waals surface area contributed by atoms with Crippen LogP contribution < -0.4 is 5.32 Å². The van der Waals surface area contributed by atoms with Gasteiger partial charge < -0.3 is 15.3 Å². The molecular weight excluding hydrogens is 240 g/mol. The third kappa shape index (κ3) is 5.81. The Kier molecular flexibility index (Phi) is 7.87. The molecule has 2 N–H and O–H groups in total. The van der Waals surface area contributed by atoms with Crippen molar-refractivity contribution in [1.29, 1.82) is 0 Å². The Morgan fingerprint density at radius 3 is 2.32 bits per heavy atom. The summed E-state index contributed by atoms with van der Waals surface area (Å²) >= 11 is 0. The lowest BCUT2D eigenvalue weighted by molar-refractivity contribution is 0.173. The molecule has 0 aromatic heterocycles. The van der Waals surface area contributed by atoms with Crippen LogP contribution in [0.5, 0.6) is 0 Å². The van der Waals surface area contributed by atoms with Crippen LogP contribution in [0.15, 0.2) is 0 Å². The lowest BCUT2D eigenvalue weighted by atomic mass is 9.81. The highest BCUT2D eigenvalue weighted by Gasteiger charge is 2.21. The van der Waals surface area contributed by atoms with E-state index in [0.29, 0.717) is 12.5 Å². The van der Waals surface area contributed by atoms with Crippen LogP contribution in [0.2, 0.25) is 0 Å². The number of aliphatic hydroxyl groups excluding tert-OH is 1. The molecule has 0 aromatic carbocycles. The van der Waals surface area contributed by atoms with Crippen LogP contribution in [-0.4, -0.2) is 42.3 Å². The quantitative estimate of drug-likeness (QED) is 0.747. The maximum Gasteiger partial charge on any atom is 0.317 e. The first-order valence-corrected chi connectivity index (χ1v) is 7.84. The second-order valence-electron chi connectivity index (χ2n) is 5.69. The molecule has 19 heavy (non-hydrogen) atoms. The summed E-state index contributed by atoms with van der Waals surface area (Å²) in [4.78, 5) is 13.7. The molecule has 1 aliphatic carbocycles. The molecule has 0 unspecified atom stereocenters. The number of aliphatic hydroxyl groups is 1. The summed E-state index contributed by atoms with van der Waals surface area (Å²) in [6.45, 7) is 6.29. The first-order valence-electron chi connectivity index (χ1n) is 7.84. The summed E-state index contributed by atoms with van der Waals surface area (Å²) in [7, 11) is 0. The molecule has 0 bridgehead atoms. The van der Waals surface area contributed by atoms with Crippen LogP contribution in [0.25, 0.3) is 0 Å². The Morgan fingerprint density at radius 2 is 1.79 bits per heavy atom. The minimum atomic E-state index is -0.0199. The number of hydrogen-bond acceptors (Lipinski definition) is 2. The molecule has 1 aliphatic rings. The fourth-order valence-corrected chi connectivity index (χ4v) is 2.89. The number of nitrogens with zero attached hydrogens (tertiary/aromatic N) is 1. The van der Waals surface area contributed by atoms with Crippen LogP contribution in [0.3, 0.4) is 0 Å². The van der Waals surface area contributed by atoms with Gasteiger partial charge >= 0.3 is 6.03 Å². The highest BCUT2D eigenvalue weighted by atomic mass is 16.3. The molecule has 0 spiro atoms. The molecule has 4 nitrogen and oxygen atoms in total. The molecule has 0 heterocycles. The van der Waals surface area contributed by atoms with Crippen molar-refractivity contribution >= 4 is 6.03 Å². The summed E-state index contributed by atoms with van der Waals surface area (Å²) in [5, 5.41) is 12.0. The minimum absolute atomic E-state index is 0.0199.